The maximum absolute atomic E-state index is 13.4. The first-order chi connectivity index (χ1) is 7.81. The van der Waals surface area contributed by atoms with Gasteiger partial charge in [-0.2, -0.15) is 0 Å². The van der Waals surface area contributed by atoms with Gasteiger partial charge in [-0.05, 0) is 23.5 Å². The summed E-state index contributed by atoms with van der Waals surface area (Å²) in [5, 5.41) is 2.35. The molecule has 2 nitrogen and oxygen atoms in total. The van der Waals surface area contributed by atoms with Crippen molar-refractivity contribution in [3.05, 3.63) is 47.3 Å². The van der Waals surface area contributed by atoms with E-state index in [0.717, 1.165) is 12.1 Å². The molecule has 2 N–H and O–H groups in total. The Morgan fingerprint density at radius 2 is 2.19 bits per heavy atom. The van der Waals surface area contributed by atoms with Crippen molar-refractivity contribution < 1.29 is 4.39 Å². The number of nitrogens with zero attached hydrogens (tertiary/aromatic N) is 1. The smallest absolute Gasteiger partial charge is 0.126 e. The first-order valence-electron chi connectivity index (χ1n) is 5.32. The maximum atomic E-state index is 13.4. The van der Waals surface area contributed by atoms with Crippen molar-refractivity contribution >= 4 is 11.8 Å². The first-order valence-corrected chi connectivity index (χ1v) is 6.27. The van der Waals surface area contributed by atoms with E-state index in [1.54, 1.807) is 17.8 Å². The molecule has 4 heteroatoms. The molecular weight excluding hydrogens is 223 g/mol. The van der Waals surface area contributed by atoms with Gasteiger partial charge in [0, 0.05) is 19.3 Å². The third-order valence-electron chi connectivity index (χ3n) is 2.66. The Kier molecular flexibility index (Phi) is 3.85. The van der Waals surface area contributed by atoms with E-state index in [2.05, 4.69) is 4.90 Å². The second kappa shape index (κ2) is 5.37. The highest BCUT2D eigenvalue weighted by atomic mass is 32.2. The van der Waals surface area contributed by atoms with Gasteiger partial charge in [0.05, 0.1) is 5.37 Å². The van der Waals surface area contributed by atoms with Crippen LogP contribution < -0.4 is 5.73 Å². The molecule has 1 aliphatic heterocycles. The highest BCUT2D eigenvalue weighted by molar-refractivity contribution is 8.02. The molecule has 2 rings (SSSR count). The minimum atomic E-state index is -0.123. The minimum absolute atomic E-state index is 0.123. The van der Waals surface area contributed by atoms with E-state index >= 15 is 0 Å². The molecule has 1 heterocycles. The number of halogens is 1. The van der Waals surface area contributed by atoms with Crippen LogP contribution in [-0.4, -0.2) is 23.4 Å². The summed E-state index contributed by atoms with van der Waals surface area (Å²) < 4.78 is 13.4. The van der Waals surface area contributed by atoms with E-state index in [9.17, 15) is 4.39 Å². The van der Waals surface area contributed by atoms with Crippen molar-refractivity contribution in [3.63, 3.8) is 0 Å². The lowest BCUT2D eigenvalue weighted by molar-refractivity contribution is 0.367. The van der Waals surface area contributed by atoms with Crippen molar-refractivity contribution in [2.45, 2.75) is 11.8 Å². The monoisotopic (exact) mass is 238 g/mol. The Balaban J connectivity index is 1.92. The number of rotatable bonds is 4. The van der Waals surface area contributed by atoms with Gasteiger partial charge in [0.15, 0.2) is 0 Å². The molecule has 0 aliphatic carbocycles. The van der Waals surface area contributed by atoms with Gasteiger partial charge in [0.2, 0.25) is 0 Å². The van der Waals surface area contributed by atoms with Crippen LogP contribution in [0.4, 0.5) is 4.39 Å². The van der Waals surface area contributed by atoms with E-state index in [4.69, 9.17) is 5.73 Å². The molecule has 0 aromatic heterocycles. The van der Waals surface area contributed by atoms with Gasteiger partial charge >= 0.3 is 0 Å². The zero-order chi connectivity index (χ0) is 11.4. The molecular formula is C12H15FN2S. The molecule has 1 aliphatic rings. The summed E-state index contributed by atoms with van der Waals surface area (Å²) in [7, 11) is 0. The van der Waals surface area contributed by atoms with Crippen LogP contribution in [0, 0.1) is 5.82 Å². The highest BCUT2D eigenvalue weighted by Crippen LogP contribution is 2.24. The molecule has 0 spiro atoms. The summed E-state index contributed by atoms with van der Waals surface area (Å²) in [6.45, 7) is 1.43. The number of hydrogen-bond acceptors (Lipinski definition) is 3. The second-order valence-corrected chi connectivity index (χ2v) is 4.78. The summed E-state index contributed by atoms with van der Waals surface area (Å²) in [4.78, 5) is 2.16. The Morgan fingerprint density at radius 3 is 2.94 bits per heavy atom. The number of benzene rings is 1. The Morgan fingerprint density at radius 1 is 1.38 bits per heavy atom. The van der Waals surface area contributed by atoms with E-state index in [1.165, 1.54) is 6.07 Å². The first kappa shape index (κ1) is 11.5. The quantitative estimate of drug-likeness (QED) is 0.871. The molecule has 0 fully saturated rings. The molecule has 86 valence electrons. The van der Waals surface area contributed by atoms with Crippen LogP contribution in [0.2, 0.25) is 0 Å². The lowest BCUT2D eigenvalue weighted by atomic mass is 10.1. The Bertz CT molecular complexity index is 381. The standard InChI is InChI=1S/C12H15FN2S/c13-11-4-2-1-3-10(11)5-6-15-7-8-16-12(15)9-14/h1-4,7-8,12H,5-6,9,14H2. The molecule has 1 aromatic rings. The largest absolute Gasteiger partial charge is 0.363 e. The van der Waals surface area contributed by atoms with Gasteiger partial charge < -0.3 is 10.6 Å². The van der Waals surface area contributed by atoms with Gasteiger partial charge in [-0.15, -0.1) is 11.8 Å². The van der Waals surface area contributed by atoms with Gasteiger partial charge in [-0.3, -0.25) is 0 Å². The predicted molar refractivity (Wildman–Crippen MR) is 66.4 cm³/mol. The molecule has 16 heavy (non-hydrogen) atoms. The van der Waals surface area contributed by atoms with Crippen LogP contribution in [0.15, 0.2) is 35.9 Å². The van der Waals surface area contributed by atoms with Crippen LogP contribution in [0.3, 0.4) is 0 Å². The van der Waals surface area contributed by atoms with Gasteiger partial charge in [0.25, 0.3) is 0 Å². The van der Waals surface area contributed by atoms with E-state index in [0.29, 0.717) is 18.3 Å². The fourth-order valence-corrected chi connectivity index (χ4v) is 2.59. The second-order valence-electron chi connectivity index (χ2n) is 3.69. The van der Waals surface area contributed by atoms with Crippen molar-refractivity contribution in [3.8, 4) is 0 Å². The third-order valence-corrected chi connectivity index (χ3v) is 3.71. The SMILES string of the molecule is NCC1SC=CN1CCc1ccccc1F. The summed E-state index contributed by atoms with van der Waals surface area (Å²) >= 11 is 1.72. The van der Waals surface area contributed by atoms with E-state index in [-0.39, 0.29) is 5.82 Å². The summed E-state index contributed by atoms with van der Waals surface area (Å²) in [6, 6.07) is 6.92. The number of thioether (sulfide) groups is 1. The van der Waals surface area contributed by atoms with Crippen LogP contribution in [0.5, 0.6) is 0 Å². The predicted octanol–water partition coefficient (Wildman–Crippen LogP) is 2.17. The van der Waals surface area contributed by atoms with Crippen LogP contribution in [0.1, 0.15) is 5.56 Å². The highest BCUT2D eigenvalue weighted by Gasteiger charge is 2.17. The fourth-order valence-electron chi connectivity index (χ4n) is 1.74. The van der Waals surface area contributed by atoms with Crippen molar-refractivity contribution in [1.82, 2.24) is 4.90 Å². The molecule has 0 saturated carbocycles. The zero-order valence-corrected chi connectivity index (χ0v) is 9.79. The maximum Gasteiger partial charge on any atom is 0.126 e. The fraction of sp³-hybridized carbons (Fsp3) is 0.333. The van der Waals surface area contributed by atoms with Gasteiger partial charge in [0.1, 0.15) is 5.82 Å². The van der Waals surface area contributed by atoms with E-state index in [1.807, 2.05) is 23.7 Å². The van der Waals surface area contributed by atoms with Crippen molar-refractivity contribution in [1.29, 1.82) is 0 Å². The average Bonchev–Trinajstić information content (AvgIpc) is 2.75. The van der Waals surface area contributed by atoms with Crippen LogP contribution in [-0.2, 0) is 6.42 Å². The molecule has 1 unspecified atom stereocenters. The topological polar surface area (TPSA) is 29.3 Å². The summed E-state index contributed by atoms with van der Waals surface area (Å²) in [5.74, 6) is -0.123. The number of hydrogen-bond donors (Lipinski definition) is 1. The van der Waals surface area contributed by atoms with Gasteiger partial charge in [-0.1, -0.05) is 18.2 Å². The van der Waals surface area contributed by atoms with Crippen molar-refractivity contribution in [2.24, 2.45) is 5.73 Å². The zero-order valence-electron chi connectivity index (χ0n) is 8.97. The molecule has 0 amide bonds. The molecule has 1 atom stereocenters. The molecule has 0 saturated heterocycles. The van der Waals surface area contributed by atoms with Crippen LogP contribution in [0.25, 0.3) is 0 Å². The lowest BCUT2D eigenvalue weighted by Gasteiger charge is -2.23. The normalized spacial score (nSPS) is 19.4. The summed E-state index contributed by atoms with van der Waals surface area (Å²) in [6.07, 6.45) is 2.75. The summed E-state index contributed by atoms with van der Waals surface area (Å²) in [5.41, 5.74) is 6.41. The Labute approximate surface area is 99.3 Å². The molecule has 1 aromatic carbocycles. The van der Waals surface area contributed by atoms with Crippen molar-refractivity contribution in [2.75, 3.05) is 13.1 Å². The number of nitrogens with two attached hydrogens (primary N) is 1. The van der Waals surface area contributed by atoms with Crippen LogP contribution >= 0.6 is 11.8 Å². The van der Waals surface area contributed by atoms with E-state index < -0.39 is 0 Å². The lowest BCUT2D eigenvalue weighted by Crippen LogP contribution is -2.33. The minimum Gasteiger partial charge on any atom is -0.363 e. The third kappa shape index (κ3) is 2.57. The van der Waals surface area contributed by atoms with Gasteiger partial charge in [-0.25, -0.2) is 4.39 Å². The molecule has 0 bridgehead atoms. The Hall–Kier alpha value is -1.00. The molecule has 0 radical (unpaired) electrons. The average molecular weight is 238 g/mol.